The van der Waals surface area contributed by atoms with Gasteiger partial charge in [-0.1, -0.05) is 12.1 Å². The lowest BCUT2D eigenvalue weighted by atomic mass is 9.91. The number of ether oxygens (including phenoxy) is 1. The van der Waals surface area contributed by atoms with Gasteiger partial charge in [0.25, 0.3) is 5.91 Å². The second kappa shape index (κ2) is 13.8. The molecule has 222 valence electrons. The van der Waals surface area contributed by atoms with Crippen LogP contribution in [0.5, 0.6) is 0 Å². The monoisotopic (exact) mass is 569 g/mol. The molecule has 0 bridgehead atoms. The van der Waals surface area contributed by atoms with E-state index in [-0.39, 0.29) is 35.8 Å². The highest BCUT2D eigenvalue weighted by atomic mass is 19.1. The zero-order valence-electron chi connectivity index (χ0n) is 23.5. The Labute approximate surface area is 240 Å². The first-order chi connectivity index (χ1) is 19.9. The molecule has 2 unspecified atom stereocenters. The average molecular weight is 570 g/mol. The van der Waals surface area contributed by atoms with E-state index in [1.807, 2.05) is 0 Å². The minimum Gasteiger partial charge on any atom is -0.379 e. The zero-order valence-corrected chi connectivity index (χ0v) is 23.5. The summed E-state index contributed by atoms with van der Waals surface area (Å²) in [5.41, 5.74) is 7.39. The maximum absolute atomic E-state index is 13.7. The highest BCUT2D eigenvalue weighted by Gasteiger charge is 2.42. The molecule has 2 aromatic carbocycles. The molecule has 2 heterocycles. The molecular formula is C31H41F2N5O3. The van der Waals surface area contributed by atoms with Gasteiger partial charge in [-0.25, -0.2) is 8.78 Å². The Bertz CT molecular complexity index is 1150. The SMILES string of the molecule is NC1CCC(NC(=O)C2CC(N(CCN3CCOCC3)Cc3ccc(F)cc3)CN2C(=O)c2ccc(F)cc2)CC1. The number of morpholine rings is 1. The van der Waals surface area contributed by atoms with Crippen molar-refractivity contribution in [1.29, 1.82) is 0 Å². The number of carbonyl (C=O) groups excluding carboxylic acids is 2. The number of likely N-dealkylation sites (tertiary alicyclic amines) is 1. The Hall–Kier alpha value is -2.92. The number of hydrogen-bond acceptors (Lipinski definition) is 6. The average Bonchev–Trinajstić information content (AvgIpc) is 3.44. The highest BCUT2D eigenvalue weighted by molar-refractivity contribution is 5.98. The summed E-state index contributed by atoms with van der Waals surface area (Å²) < 4.78 is 32.8. The topological polar surface area (TPSA) is 91.1 Å². The molecule has 0 aromatic heterocycles. The molecule has 0 radical (unpaired) electrons. The Balaban J connectivity index is 1.36. The maximum Gasteiger partial charge on any atom is 0.254 e. The first-order valence-electron chi connectivity index (χ1n) is 14.8. The van der Waals surface area contributed by atoms with E-state index in [1.54, 1.807) is 17.0 Å². The molecule has 3 aliphatic rings. The van der Waals surface area contributed by atoms with Crippen LogP contribution >= 0.6 is 0 Å². The van der Waals surface area contributed by atoms with Gasteiger partial charge in [-0.3, -0.25) is 19.4 Å². The van der Waals surface area contributed by atoms with Crippen LogP contribution in [0, 0.1) is 11.6 Å². The Morgan fingerprint density at radius 1 is 0.951 bits per heavy atom. The van der Waals surface area contributed by atoms with Crippen LogP contribution in [-0.2, 0) is 16.1 Å². The first kappa shape index (κ1) is 29.6. The molecule has 2 saturated heterocycles. The fraction of sp³-hybridized carbons (Fsp3) is 0.548. The van der Waals surface area contributed by atoms with Gasteiger partial charge in [-0.05, 0) is 74.1 Å². The number of carbonyl (C=O) groups is 2. The Morgan fingerprint density at radius 3 is 2.24 bits per heavy atom. The fourth-order valence-corrected chi connectivity index (χ4v) is 6.18. The summed E-state index contributed by atoms with van der Waals surface area (Å²) in [6.45, 7) is 5.63. The third-order valence-electron chi connectivity index (χ3n) is 8.67. The lowest BCUT2D eigenvalue weighted by Crippen LogP contribution is -2.50. The molecule has 1 aliphatic carbocycles. The van der Waals surface area contributed by atoms with Crippen molar-refractivity contribution in [3.8, 4) is 0 Å². The quantitative estimate of drug-likeness (QED) is 0.483. The number of amides is 2. The van der Waals surface area contributed by atoms with Crippen LogP contribution in [0.2, 0.25) is 0 Å². The summed E-state index contributed by atoms with van der Waals surface area (Å²) >= 11 is 0. The Kier molecular flexibility index (Phi) is 9.97. The van der Waals surface area contributed by atoms with Gasteiger partial charge in [-0.15, -0.1) is 0 Å². The van der Waals surface area contributed by atoms with E-state index >= 15 is 0 Å². The number of nitrogens with zero attached hydrogens (tertiary/aromatic N) is 3. The molecule has 2 aromatic rings. The van der Waals surface area contributed by atoms with Gasteiger partial charge in [0.05, 0.1) is 13.2 Å². The number of nitrogens with two attached hydrogens (primary N) is 1. The van der Waals surface area contributed by atoms with Crippen molar-refractivity contribution in [1.82, 2.24) is 20.0 Å². The molecule has 2 atom stereocenters. The third-order valence-corrected chi connectivity index (χ3v) is 8.67. The van der Waals surface area contributed by atoms with Crippen LogP contribution in [0.4, 0.5) is 8.78 Å². The highest BCUT2D eigenvalue weighted by Crippen LogP contribution is 2.27. The second-order valence-corrected chi connectivity index (χ2v) is 11.5. The van der Waals surface area contributed by atoms with E-state index in [0.29, 0.717) is 38.3 Å². The normalized spacial score (nSPS) is 25.4. The van der Waals surface area contributed by atoms with Gasteiger partial charge in [-0.2, -0.15) is 0 Å². The predicted octanol–water partition coefficient (Wildman–Crippen LogP) is 2.77. The van der Waals surface area contributed by atoms with E-state index < -0.39 is 11.9 Å². The van der Waals surface area contributed by atoms with Gasteiger partial charge < -0.3 is 20.7 Å². The fourth-order valence-electron chi connectivity index (χ4n) is 6.18. The molecule has 10 heteroatoms. The molecule has 1 saturated carbocycles. The minimum absolute atomic E-state index is 0.0424. The minimum atomic E-state index is -0.646. The summed E-state index contributed by atoms with van der Waals surface area (Å²) in [7, 11) is 0. The maximum atomic E-state index is 13.7. The van der Waals surface area contributed by atoms with Crippen LogP contribution in [0.1, 0.15) is 48.0 Å². The van der Waals surface area contributed by atoms with Crippen LogP contribution in [0.15, 0.2) is 48.5 Å². The van der Waals surface area contributed by atoms with Gasteiger partial charge in [0.1, 0.15) is 17.7 Å². The number of rotatable bonds is 9. The van der Waals surface area contributed by atoms with Crippen LogP contribution in [0.25, 0.3) is 0 Å². The molecular weight excluding hydrogens is 528 g/mol. The third kappa shape index (κ3) is 7.88. The number of nitrogens with one attached hydrogen (secondary N) is 1. The molecule has 41 heavy (non-hydrogen) atoms. The molecule has 0 spiro atoms. The molecule has 2 aliphatic heterocycles. The lowest BCUT2D eigenvalue weighted by Gasteiger charge is -2.33. The van der Waals surface area contributed by atoms with Crippen LogP contribution in [0.3, 0.4) is 0 Å². The van der Waals surface area contributed by atoms with Gasteiger partial charge in [0, 0.05) is 63.0 Å². The summed E-state index contributed by atoms with van der Waals surface area (Å²) in [6, 6.07) is 11.4. The van der Waals surface area contributed by atoms with Crippen molar-refractivity contribution in [2.75, 3.05) is 45.9 Å². The van der Waals surface area contributed by atoms with Crippen LogP contribution in [-0.4, -0.2) is 96.6 Å². The van der Waals surface area contributed by atoms with Crippen molar-refractivity contribution < 1.29 is 23.1 Å². The molecule has 3 fully saturated rings. The van der Waals surface area contributed by atoms with Gasteiger partial charge in [0.15, 0.2) is 0 Å². The van der Waals surface area contributed by atoms with Crippen molar-refractivity contribution in [3.63, 3.8) is 0 Å². The second-order valence-electron chi connectivity index (χ2n) is 11.5. The predicted molar refractivity (Wildman–Crippen MR) is 152 cm³/mol. The van der Waals surface area contributed by atoms with Crippen molar-refractivity contribution in [2.24, 2.45) is 5.73 Å². The molecule has 8 nitrogen and oxygen atoms in total. The summed E-state index contributed by atoms with van der Waals surface area (Å²) in [4.78, 5) is 33.7. The Morgan fingerprint density at radius 2 is 1.59 bits per heavy atom. The molecule has 5 rings (SSSR count). The first-order valence-corrected chi connectivity index (χ1v) is 14.8. The number of benzene rings is 2. The smallest absolute Gasteiger partial charge is 0.254 e. The standard InChI is InChI=1S/C31H41F2N5O3/c32-24-5-1-22(2-6-24)20-37(14-13-36-15-17-41-18-16-36)28-19-29(30(39)35-27-11-9-26(34)10-12-27)38(21-28)31(40)23-3-7-25(33)8-4-23/h1-8,26-29H,9-21,34H2,(H,35,39). The lowest BCUT2D eigenvalue weighted by molar-refractivity contribution is -0.125. The van der Waals surface area contributed by atoms with Gasteiger partial charge in [0.2, 0.25) is 5.91 Å². The van der Waals surface area contributed by atoms with Crippen molar-refractivity contribution >= 4 is 11.8 Å². The van der Waals surface area contributed by atoms with E-state index in [9.17, 15) is 18.4 Å². The van der Waals surface area contributed by atoms with Crippen molar-refractivity contribution in [2.45, 2.75) is 62.8 Å². The van der Waals surface area contributed by atoms with E-state index in [0.717, 1.165) is 57.4 Å². The van der Waals surface area contributed by atoms with E-state index in [1.165, 1.54) is 36.4 Å². The number of hydrogen-bond donors (Lipinski definition) is 2. The molecule has 2 amide bonds. The summed E-state index contributed by atoms with van der Waals surface area (Å²) in [5.74, 6) is -1.14. The van der Waals surface area contributed by atoms with E-state index in [2.05, 4.69) is 15.1 Å². The summed E-state index contributed by atoms with van der Waals surface area (Å²) in [5, 5.41) is 3.20. The van der Waals surface area contributed by atoms with Crippen molar-refractivity contribution in [3.05, 3.63) is 71.3 Å². The van der Waals surface area contributed by atoms with E-state index in [4.69, 9.17) is 10.5 Å². The zero-order chi connectivity index (χ0) is 28.8. The van der Waals surface area contributed by atoms with Crippen LogP contribution < -0.4 is 11.1 Å². The number of halogens is 2. The molecule has 3 N–H and O–H groups in total. The largest absolute Gasteiger partial charge is 0.379 e. The summed E-state index contributed by atoms with van der Waals surface area (Å²) in [6.07, 6.45) is 3.86. The van der Waals surface area contributed by atoms with Gasteiger partial charge >= 0.3 is 0 Å².